The van der Waals surface area contributed by atoms with Crippen LogP contribution in [0.3, 0.4) is 0 Å². The Morgan fingerprint density at radius 3 is 2.33 bits per heavy atom. The molecule has 1 aliphatic rings. The van der Waals surface area contributed by atoms with E-state index in [-0.39, 0.29) is 18.7 Å². The van der Waals surface area contributed by atoms with Crippen LogP contribution in [0.15, 0.2) is 54.6 Å². The molecule has 0 bridgehead atoms. The molecule has 0 radical (unpaired) electrons. The van der Waals surface area contributed by atoms with Crippen LogP contribution in [0.1, 0.15) is 12.0 Å². The van der Waals surface area contributed by atoms with Crippen LogP contribution in [0.4, 0.5) is 23.2 Å². The quantitative estimate of drug-likeness (QED) is 0.741. The molecule has 1 fully saturated rings. The normalized spacial score (nSPS) is 20.6. The third kappa shape index (κ3) is 3.83. The lowest BCUT2D eigenvalue weighted by Crippen LogP contribution is -2.53. The smallest absolute Gasteiger partial charge is 0.315 e. The average Bonchev–Trinajstić information content (AvgIpc) is 3.07. The van der Waals surface area contributed by atoms with Crippen LogP contribution in [-0.4, -0.2) is 37.1 Å². The van der Waals surface area contributed by atoms with Gasteiger partial charge < -0.3 is 4.90 Å². The number of rotatable bonds is 4. The highest BCUT2D eigenvalue weighted by Gasteiger charge is 2.63. The van der Waals surface area contributed by atoms with Gasteiger partial charge in [-0.3, -0.25) is 9.69 Å². The van der Waals surface area contributed by atoms with Crippen molar-refractivity contribution in [2.24, 2.45) is 5.41 Å². The van der Waals surface area contributed by atoms with Crippen molar-refractivity contribution in [3.05, 3.63) is 66.0 Å². The van der Waals surface area contributed by atoms with Crippen LogP contribution in [0, 0.1) is 11.2 Å². The summed E-state index contributed by atoms with van der Waals surface area (Å²) in [5.41, 5.74) is -1.34. The number of hydrogen-bond donors (Lipinski definition) is 0. The van der Waals surface area contributed by atoms with Gasteiger partial charge in [-0.2, -0.15) is 13.2 Å². The molecule has 0 spiro atoms. The second-order valence-electron chi connectivity index (χ2n) is 6.87. The molecular formula is C20H20F4N2O. The van der Waals surface area contributed by atoms with E-state index in [0.29, 0.717) is 6.54 Å². The van der Waals surface area contributed by atoms with Crippen LogP contribution in [0.2, 0.25) is 0 Å². The number of carbonyl (C=O) groups excluding carboxylic acids is 1. The third-order valence-electron chi connectivity index (χ3n) is 5.07. The lowest BCUT2D eigenvalue weighted by molar-refractivity contribution is -0.216. The van der Waals surface area contributed by atoms with Crippen molar-refractivity contribution >= 4 is 11.6 Å². The first-order valence-corrected chi connectivity index (χ1v) is 8.60. The first kappa shape index (κ1) is 19.4. The van der Waals surface area contributed by atoms with Crippen LogP contribution in [-0.2, 0) is 11.3 Å². The molecule has 1 unspecified atom stereocenters. The van der Waals surface area contributed by atoms with E-state index in [2.05, 4.69) is 0 Å². The Morgan fingerprint density at radius 1 is 1.11 bits per heavy atom. The van der Waals surface area contributed by atoms with E-state index in [1.54, 1.807) is 4.90 Å². The molecule has 1 heterocycles. The van der Waals surface area contributed by atoms with Crippen LogP contribution < -0.4 is 4.90 Å². The Bertz CT molecular complexity index is 792. The molecule has 1 atom stereocenters. The fraction of sp³-hybridized carbons (Fsp3) is 0.350. The predicted molar refractivity (Wildman–Crippen MR) is 94.6 cm³/mol. The summed E-state index contributed by atoms with van der Waals surface area (Å²) in [6, 6.07) is 14.0. The van der Waals surface area contributed by atoms with E-state index in [4.69, 9.17) is 0 Å². The molecule has 1 amide bonds. The molecule has 1 aliphatic heterocycles. The van der Waals surface area contributed by atoms with Crippen molar-refractivity contribution < 1.29 is 22.4 Å². The van der Waals surface area contributed by atoms with E-state index in [1.807, 2.05) is 30.3 Å². The summed E-state index contributed by atoms with van der Waals surface area (Å²) in [6.07, 6.45) is -4.97. The maximum atomic E-state index is 14.0. The topological polar surface area (TPSA) is 23.6 Å². The Morgan fingerprint density at radius 2 is 1.74 bits per heavy atom. The van der Waals surface area contributed by atoms with E-state index >= 15 is 0 Å². The lowest BCUT2D eigenvalue weighted by atomic mass is 9.84. The molecule has 2 aromatic rings. The van der Waals surface area contributed by atoms with Crippen LogP contribution >= 0.6 is 0 Å². The Balaban J connectivity index is 1.83. The molecule has 0 N–H and O–H groups in total. The highest BCUT2D eigenvalue weighted by molar-refractivity contribution is 5.98. The van der Waals surface area contributed by atoms with Gasteiger partial charge in [0.2, 0.25) is 5.91 Å². The van der Waals surface area contributed by atoms with E-state index in [1.165, 1.54) is 19.2 Å². The monoisotopic (exact) mass is 380 g/mol. The summed E-state index contributed by atoms with van der Waals surface area (Å²) in [5.74, 6) is -1.53. The fourth-order valence-electron chi connectivity index (χ4n) is 3.50. The van der Waals surface area contributed by atoms with Gasteiger partial charge in [-0.05, 0) is 42.8 Å². The molecule has 27 heavy (non-hydrogen) atoms. The maximum absolute atomic E-state index is 14.0. The van der Waals surface area contributed by atoms with Crippen molar-refractivity contribution in [3.8, 4) is 0 Å². The number of amides is 1. The van der Waals surface area contributed by atoms with Gasteiger partial charge in [0, 0.05) is 25.8 Å². The second-order valence-corrected chi connectivity index (χ2v) is 6.87. The van der Waals surface area contributed by atoms with Gasteiger partial charge in [-0.1, -0.05) is 30.3 Å². The minimum atomic E-state index is -4.68. The summed E-state index contributed by atoms with van der Waals surface area (Å²) in [4.78, 5) is 15.5. The number of likely N-dealkylation sites (tertiary alicyclic amines) is 1. The molecule has 3 nitrogen and oxygen atoms in total. The van der Waals surface area contributed by atoms with Crippen molar-refractivity contribution in [1.29, 1.82) is 0 Å². The molecule has 2 aromatic carbocycles. The van der Waals surface area contributed by atoms with Crippen LogP contribution in [0.25, 0.3) is 0 Å². The zero-order valence-corrected chi connectivity index (χ0v) is 14.8. The summed E-state index contributed by atoms with van der Waals surface area (Å²) in [5, 5.41) is 0. The molecule has 3 rings (SSSR count). The highest BCUT2D eigenvalue weighted by atomic mass is 19.4. The molecule has 0 aromatic heterocycles. The maximum Gasteiger partial charge on any atom is 0.404 e. The van der Waals surface area contributed by atoms with Crippen molar-refractivity contribution in [1.82, 2.24) is 4.90 Å². The van der Waals surface area contributed by atoms with Crippen molar-refractivity contribution in [2.45, 2.75) is 19.1 Å². The zero-order valence-electron chi connectivity index (χ0n) is 14.8. The fourth-order valence-corrected chi connectivity index (χ4v) is 3.50. The first-order chi connectivity index (χ1) is 12.7. The summed E-state index contributed by atoms with van der Waals surface area (Å²) in [6.45, 7) is 0.138. The number of halogens is 4. The van der Waals surface area contributed by atoms with Gasteiger partial charge in [0.15, 0.2) is 5.41 Å². The van der Waals surface area contributed by atoms with E-state index < -0.39 is 29.9 Å². The van der Waals surface area contributed by atoms with E-state index in [9.17, 15) is 22.4 Å². The molecular weight excluding hydrogens is 360 g/mol. The number of benzene rings is 2. The first-order valence-electron chi connectivity index (χ1n) is 8.60. The highest BCUT2D eigenvalue weighted by Crippen LogP contribution is 2.47. The number of anilines is 1. The molecule has 1 saturated heterocycles. The summed E-state index contributed by atoms with van der Waals surface area (Å²) in [7, 11) is 1.29. The van der Waals surface area contributed by atoms with Gasteiger partial charge in [-0.25, -0.2) is 4.39 Å². The number of alkyl halides is 3. The zero-order chi connectivity index (χ0) is 19.7. The minimum absolute atomic E-state index is 0.178. The molecule has 0 saturated carbocycles. The SMILES string of the molecule is CN(C(=O)C1(C(F)(F)F)CCN(Cc2ccccc2)C1)c1ccc(F)cc1. The van der Waals surface area contributed by atoms with Gasteiger partial charge in [0.1, 0.15) is 5.82 Å². The summed E-state index contributed by atoms with van der Waals surface area (Å²) < 4.78 is 55.0. The Hall–Kier alpha value is -2.41. The Kier molecular flexibility index (Phi) is 5.24. The summed E-state index contributed by atoms with van der Waals surface area (Å²) >= 11 is 0. The Labute approximate surface area is 155 Å². The van der Waals surface area contributed by atoms with Gasteiger partial charge in [0.05, 0.1) is 0 Å². The van der Waals surface area contributed by atoms with Crippen LogP contribution in [0.5, 0.6) is 0 Å². The minimum Gasteiger partial charge on any atom is -0.315 e. The van der Waals surface area contributed by atoms with Crippen molar-refractivity contribution in [2.75, 3.05) is 25.0 Å². The largest absolute Gasteiger partial charge is 0.404 e. The van der Waals surface area contributed by atoms with Crippen molar-refractivity contribution in [3.63, 3.8) is 0 Å². The number of hydrogen-bond acceptors (Lipinski definition) is 2. The molecule has 7 heteroatoms. The van der Waals surface area contributed by atoms with E-state index in [0.717, 1.165) is 22.6 Å². The lowest BCUT2D eigenvalue weighted by Gasteiger charge is -2.34. The third-order valence-corrected chi connectivity index (χ3v) is 5.07. The number of nitrogens with zero attached hydrogens (tertiary/aromatic N) is 2. The molecule has 0 aliphatic carbocycles. The number of carbonyl (C=O) groups is 1. The second kappa shape index (κ2) is 7.31. The predicted octanol–water partition coefficient (Wildman–Crippen LogP) is 4.24. The average molecular weight is 380 g/mol. The molecule has 144 valence electrons. The van der Waals surface area contributed by atoms with Gasteiger partial charge in [-0.15, -0.1) is 0 Å². The standard InChI is InChI=1S/C20H20F4N2O/c1-25(17-9-7-16(21)8-10-17)18(27)19(20(22,23)24)11-12-26(14-19)13-15-5-3-2-4-6-15/h2-10H,11-14H2,1H3. The van der Waals surface area contributed by atoms with Gasteiger partial charge >= 0.3 is 6.18 Å². The van der Waals surface area contributed by atoms with Gasteiger partial charge in [0.25, 0.3) is 0 Å².